The average Bonchev–Trinajstić information content (AvgIpc) is 2.49. The van der Waals surface area contributed by atoms with E-state index in [1.807, 2.05) is 18.2 Å². The largest absolute Gasteiger partial charge is 0.490 e. The third-order valence-corrected chi connectivity index (χ3v) is 4.57. The number of hydrogen-bond acceptors (Lipinski definition) is 3. The van der Waals surface area contributed by atoms with Gasteiger partial charge in [0, 0.05) is 42.2 Å². The summed E-state index contributed by atoms with van der Waals surface area (Å²) < 4.78 is 11.7. The molecule has 1 fully saturated rings. The van der Waals surface area contributed by atoms with Crippen LogP contribution < -0.4 is 10.1 Å². The van der Waals surface area contributed by atoms with Gasteiger partial charge < -0.3 is 14.8 Å². The molecule has 2 atom stereocenters. The monoisotopic (exact) mass is 295 g/mol. The maximum atomic E-state index is 6.25. The molecule has 110 valence electrons. The van der Waals surface area contributed by atoms with Gasteiger partial charge in [-0.2, -0.15) is 0 Å². The molecule has 0 bridgehead atoms. The molecule has 2 heterocycles. The van der Waals surface area contributed by atoms with E-state index in [1.54, 1.807) is 0 Å². The van der Waals surface area contributed by atoms with Crippen LogP contribution in [0.2, 0.25) is 5.02 Å². The van der Waals surface area contributed by atoms with Gasteiger partial charge in [0.25, 0.3) is 0 Å². The molecule has 1 N–H and O–H groups in total. The molecule has 2 aliphatic rings. The Balaban J connectivity index is 1.82. The third kappa shape index (κ3) is 2.95. The summed E-state index contributed by atoms with van der Waals surface area (Å²) in [6, 6.07) is 6.29. The summed E-state index contributed by atoms with van der Waals surface area (Å²) in [5, 5.41) is 4.34. The molecule has 2 unspecified atom stereocenters. The van der Waals surface area contributed by atoms with Crippen LogP contribution in [0.15, 0.2) is 18.2 Å². The van der Waals surface area contributed by atoms with Gasteiger partial charge in [0.2, 0.25) is 0 Å². The standard InChI is InChI=1S/C16H22ClNO2/c1-2-18-14-10-16(11-5-7-19-8-6-11)20-15-4-3-12(17)9-13(14)15/h3-4,9,11,14,16,18H,2,5-8,10H2,1H3. The fraction of sp³-hybridized carbons (Fsp3) is 0.625. The van der Waals surface area contributed by atoms with Crippen molar-refractivity contribution >= 4 is 11.6 Å². The van der Waals surface area contributed by atoms with E-state index < -0.39 is 0 Å². The molecule has 0 aliphatic carbocycles. The predicted octanol–water partition coefficient (Wildman–Crippen LogP) is 3.57. The molecule has 1 aromatic rings. The lowest BCUT2D eigenvalue weighted by molar-refractivity contribution is 0.00539. The van der Waals surface area contributed by atoms with Gasteiger partial charge in [-0.25, -0.2) is 0 Å². The molecule has 1 aromatic carbocycles. The third-order valence-electron chi connectivity index (χ3n) is 4.34. The Morgan fingerprint density at radius 3 is 2.85 bits per heavy atom. The maximum Gasteiger partial charge on any atom is 0.124 e. The number of rotatable bonds is 3. The zero-order valence-corrected chi connectivity index (χ0v) is 12.7. The lowest BCUT2D eigenvalue weighted by Gasteiger charge is -2.38. The van der Waals surface area contributed by atoms with Crippen LogP contribution in [-0.2, 0) is 4.74 Å². The normalized spacial score (nSPS) is 26.9. The van der Waals surface area contributed by atoms with Crippen LogP contribution in [0.5, 0.6) is 5.75 Å². The summed E-state index contributed by atoms with van der Waals surface area (Å²) in [5.41, 5.74) is 1.20. The lowest BCUT2D eigenvalue weighted by Crippen LogP contribution is -2.39. The summed E-state index contributed by atoms with van der Waals surface area (Å²) in [6.45, 7) is 4.83. The van der Waals surface area contributed by atoms with E-state index >= 15 is 0 Å². The van der Waals surface area contributed by atoms with Gasteiger partial charge in [-0.05, 0) is 37.6 Å². The van der Waals surface area contributed by atoms with E-state index in [0.29, 0.717) is 12.0 Å². The van der Waals surface area contributed by atoms with Crippen molar-refractivity contribution in [1.82, 2.24) is 5.32 Å². The second-order valence-electron chi connectivity index (χ2n) is 5.63. The molecular weight excluding hydrogens is 274 g/mol. The highest BCUT2D eigenvalue weighted by Gasteiger charge is 2.33. The van der Waals surface area contributed by atoms with Crippen molar-refractivity contribution in [2.24, 2.45) is 5.92 Å². The first-order valence-corrected chi connectivity index (χ1v) is 7.93. The predicted molar refractivity (Wildman–Crippen MR) is 80.4 cm³/mol. The van der Waals surface area contributed by atoms with E-state index in [4.69, 9.17) is 21.1 Å². The fourth-order valence-electron chi connectivity index (χ4n) is 3.29. The Labute approximate surface area is 125 Å². The smallest absolute Gasteiger partial charge is 0.124 e. The fourth-order valence-corrected chi connectivity index (χ4v) is 3.47. The zero-order chi connectivity index (χ0) is 13.9. The summed E-state index contributed by atoms with van der Waals surface area (Å²) >= 11 is 6.13. The Kier molecular flexibility index (Phi) is 4.49. The van der Waals surface area contributed by atoms with Crippen molar-refractivity contribution in [2.75, 3.05) is 19.8 Å². The van der Waals surface area contributed by atoms with Crippen molar-refractivity contribution in [2.45, 2.75) is 38.3 Å². The van der Waals surface area contributed by atoms with Crippen LogP contribution in [0.4, 0.5) is 0 Å². The molecule has 0 radical (unpaired) electrons. The van der Waals surface area contributed by atoms with E-state index in [9.17, 15) is 0 Å². The van der Waals surface area contributed by atoms with Gasteiger partial charge in [-0.15, -0.1) is 0 Å². The topological polar surface area (TPSA) is 30.5 Å². The van der Waals surface area contributed by atoms with Crippen molar-refractivity contribution < 1.29 is 9.47 Å². The number of hydrogen-bond donors (Lipinski definition) is 1. The van der Waals surface area contributed by atoms with Crippen LogP contribution in [0.25, 0.3) is 0 Å². The van der Waals surface area contributed by atoms with Crippen molar-refractivity contribution in [3.8, 4) is 5.75 Å². The number of fused-ring (bicyclic) bond motifs is 1. The molecule has 3 nitrogen and oxygen atoms in total. The molecule has 0 aromatic heterocycles. The quantitative estimate of drug-likeness (QED) is 0.925. The van der Waals surface area contributed by atoms with Crippen LogP contribution >= 0.6 is 11.6 Å². The zero-order valence-electron chi connectivity index (χ0n) is 11.9. The molecule has 1 saturated heterocycles. The van der Waals surface area contributed by atoms with Crippen LogP contribution in [0, 0.1) is 5.92 Å². The van der Waals surface area contributed by atoms with E-state index in [-0.39, 0.29) is 6.10 Å². The highest BCUT2D eigenvalue weighted by atomic mass is 35.5. The molecule has 4 heteroatoms. The Morgan fingerprint density at radius 1 is 1.30 bits per heavy atom. The number of halogens is 1. The second kappa shape index (κ2) is 6.33. The summed E-state index contributed by atoms with van der Waals surface area (Å²) in [6.07, 6.45) is 3.52. The van der Waals surface area contributed by atoms with E-state index in [2.05, 4.69) is 12.2 Å². The van der Waals surface area contributed by atoms with Crippen molar-refractivity contribution in [1.29, 1.82) is 0 Å². The number of benzene rings is 1. The van der Waals surface area contributed by atoms with Crippen LogP contribution in [0.3, 0.4) is 0 Å². The highest BCUT2D eigenvalue weighted by Crippen LogP contribution is 2.40. The lowest BCUT2D eigenvalue weighted by atomic mass is 9.86. The van der Waals surface area contributed by atoms with Gasteiger partial charge in [0.1, 0.15) is 11.9 Å². The summed E-state index contributed by atoms with van der Waals surface area (Å²) in [5.74, 6) is 1.59. The van der Waals surface area contributed by atoms with E-state index in [1.165, 1.54) is 5.56 Å². The maximum absolute atomic E-state index is 6.25. The molecule has 0 saturated carbocycles. The first-order chi connectivity index (χ1) is 9.78. The summed E-state index contributed by atoms with van der Waals surface area (Å²) in [7, 11) is 0. The minimum Gasteiger partial charge on any atom is -0.490 e. The Hall–Kier alpha value is -0.770. The summed E-state index contributed by atoms with van der Waals surface area (Å²) in [4.78, 5) is 0. The first-order valence-electron chi connectivity index (χ1n) is 7.55. The van der Waals surface area contributed by atoms with Crippen molar-refractivity contribution in [3.63, 3.8) is 0 Å². The molecule has 2 aliphatic heterocycles. The molecule has 0 amide bonds. The number of ether oxygens (including phenoxy) is 2. The average molecular weight is 296 g/mol. The van der Waals surface area contributed by atoms with Crippen LogP contribution in [0.1, 0.15) is 37.8 Å². The van der Waals surface area contributed by atoms with Crippen molar-refractivity contribution in [3.05, 3.63) is 28.8 Å². The minimum absolute atomic E-state index is 0.289. The van der Waals surface area contributed by atoms with Gasteiger partial charge in [-0.1, -0.05) is 18.5 Å². The van der Waals surface area contributed by atoms with Gasteiger partial charge in [0.05, 0.1) is 0 Å². The molecular formula is C16H22ClNO2. The van der Waals surface area contributed by atoms with Gasteiger partial charge in [-0.3, -0.25) is 0 Å². The Bertz CT molecular complexity index is 460. The molecule has 20 heavy (non-hydrogen) atoms. The SMILES string of the molecule is CCNC1CC(C2CCOCC2)Oc2ccc(Cl)cc21. The second-order valence-corrected chi connectivity index (χ2v) is 6.07. The van der Waals surface area contributed by atoms with Crippen LogP contribution in [-0.4, -0.2) is 25.9 Å². The first kappa shape index (κ1) is 14.2. The highest BCUT2D eigenvalue weighted by molar-refractivity contribution is 6.30. The van der Waals surface area contributed by atoms with Gasteiger partial charge >= 0.3 is 0 Å². The molecule has 3 rings (SSSR count). The number of nitrogens with one attached hydrogen (secondary N) is 1. The van der Waals surface area contributed by atoms with E-state index in [0.717, 1.165) is 49.8 Å². The minimum atomic E-state index is 0.289. The Morgan fingerprint density at radius 2 is 2.10 bits per heavy atom. The molecule has 0 spiro atoms. The van der Waals surface area contributed by atoms with Gasteiger partial charge in [0.15, 0.2) is 0 Å².